The molecule has 1 saturated heterocycles. The van der Waals surface area contributed by atoms with Gasteiger partial charge in [0.2, 0.25) is 0 Å². The van der Waals surface area contributed by atoms with E-state index in [2.05, 4.69) is 4.90 Å². The molecule has 0 amide bonds. The van der Waals surface area contributed by atoms with Crippen LogP contribution in [-0.2, 0) is 4.74 Å². The zero-order valence-corrected chi connectivity index (χ0v) is 9.61. The highest BCUT2D eigenvalue weighted by atomic mass is 16.5. The molecule has 1 aliphatic rings. The van der Waals surface area contributed by atoms with E-state index in [0.29, 0.717) is 0 Å². The van der Waals surface area contributed by atoms with E-state index in [1.54, 1.807) is 7.11 Å². The van der Waals surface area contributed by atoms with Crippen LogP contribution in [0.2, 0.25) is 0 Å². The summed E-state index contributed by atoms with van der Waals surface area (Å²) in [5, 5.41) is 0. The lowest BCUT2D eigenvalue weighted by Gasteiger charge is -2.24. The highest BCUT2D eigenvalue weighted by Gasteiger charge is 2.13. The van der Waals surface area contributed by atoms with Gasteiger partial charge in [-0.3, -0.25) is 0 Å². The molecule has 0 aromatic heterocycles. The highest BCUT2D eigenvalue weighted by Crippen LogP contribution is 2.28. The van der Waals surface area contributed by atoms with E-state index in [4.69, 9.17) is 15.2 Å². The molecule has 1 fully saturated rings. The van der Waals surface area contributed by atoms with Gasteiger partial charge in [-0.1, -0.05) is 0 Å². The third kappa shape index (κ3) is 2.39. The Hall–Kier alpha value is -1.42. The third-order valence-electron chi connectivity index (χ3n) is 2.80. The van der Waals surface area contributed by atoms with Crippen molar-refractivity contribution < 1.29 is 9.47 Å². The molecule has 4 nitrogen and oxygen atoms in total. The fraction of sp³-hybridized carbons (Fsp3) is 0.500. The third-order valence-corrected chi connectivity index (χ3v) is 2.80. The molecule has 0 unspecified atom stereocenters. The normalized spacial score (nSPS) is 16.9. The number of benzene rings is 1. The molecule has 2 N–H and O–H groups in total. The zero-order chi connectivity index (χ0) is 11.4. The molecule has 4 heteroatoms. The molecular formula is C12H18N2O2. The van der Waals surface area contributed by atoms with Gasteiger partial charge in [0, 0.05) is 25.8 Å². The van der Waals surface area contributed by atoms with E-state index in [9.17, 15) is 0 Å². The molecule has 0 bridgehead atoms. The van der Waals surface area contributed by atoms with Gasteiger partial charge in [0.1, 0.15) is 5.75 Å². The van der Waals surface area contributed by atoms with Gasteiger partial charge in [-0.2, -0.15) is 0 Å². The van der Waals surface area contributed by atoms with Gasteiger partial charge in [-0.05, 0) is 18.6 Å². The Labute approximate surface area is 95.9 Å². The average molecular weight is 222 g/mol. The number of rotatable bonds is 2. The first kappa shape index (κ1) is 11.1. The molecule has 88 valence electrons. The molecule has 0 spiro atoms. The summed E-state index contributed by atoms with van der Waals surface area (Å²) in [5.74, 6) is 0.842. The molecular weight excluding hydrogens is 204 g/mol. The van der Waals surface area contributed by atoms with Crippen molar-refractivity contribution in [2.75, 3.05) is 44.0 Å². The SMILES string of the molecule is COc1ccc(N)c(N2CCCOCC2)c1. The Bertz CT molecular complexity index is 347. The van der Waals surface area contributed by atoms with Crippen molar-refractivity contribution in [3.63, 3.8) is 0 Å². The molecule has 0 radical (unpaired) electrons. The predicted octanol–water partition coefficient (Wildman–Crippen LogP) is 1.50. The van der Waals surface area contributed by atoms with Crippen molar-refractivity contribution >= 4 is 11.4 Å². The van der Waals surface area contributed by atoms with Crippen LogP contribution in [0.4, 0.5) is 11.4 Å². The van der Waals surface area contributed by atoms with Crippen molar-refractivity contribution in [3.8, 4) is 5.75 Å². The number of nitrogens with two attached hydrogens (primary N) is 1. The second kappa shape index (κ2) is 5.07. The number of nitrogen functional groups attached to an aromatic ring is 1. The van der Waals surface area contributed by atoms with Crippen LogP contribution in [0.3, 0.4) is 0 Å². The van der Waals surface area contributed by atoms with Crippen LogP contribution in [0.5, 0.6) is 5.75 Å². The highest BCUT2D eigenvalue weighted by molar-refractivity contribution is 5.69. The number of ether oxygens (including phenoxy) is 2. The van der Waals surface area contributed by atoms with Gasteiger partial charge >= 0.3 is 0 Å². The Balaban J connectivity index is 2.22. The van der Waals surface area contributed by atoms with Gasteiger partial charge < -0.3 is 20.1 Å². The minimum absolute atomic E-state index is 0.761. The fourth-order valence-corrected chi connectivity index (χ4v) is 1.91. The first-order chi connectivity index (χ1) is 7.81. The van der Waals surface area contributed by atoms with E-state index in [1.165, 1.54) is 0 Å². The number of anilines is 2. The molecule has 1 aromatic rings. The molecule has 0 saturated carbocycles. The van der Waals surface area contributed by atoms with Gasteiger partial charge in [-0.25, -0.2) is 0 Å². The van der Waals surface area contributed by atoms with Gasteiger partial charge in [0.25, 0.3) is 0 Å². The maximum Gasteiger partial charge on any atom is 0.121 e. The summed E-state index contributed by atoms with van der Waals surface area (Å²) in [5.41, 5.74) is 7.83. The summed E-state index contributed by atoms with van der Waals surface area (Å²) in [6.45, 7) is 3.46. The van der Waals surface area contributed by atoms with Gasteiger partial charge in [0.05, 0.1) is 25.1 Å². The standard InChI is InChI=1S/C12H18N2O2/c1-15-10-3-4-11(13)12(9-10)14-5-2-7-16-8-6-14/h3-4,9H,2,5-8,13H2,1H3. The molecule has 1 aliphatic heterocycles. The van der Waals surface area contributed by atoms with Crippen LogP contribution < -0.4 is 15.4 Å². The lowest BCUT2D eigenvalue weighted by molar-refractivity contribution is 0.152. The van der Waals surface area contributed by atoms with Crippen LogP contribution in [-0.4, -0.2) is 33.4 Å². The van der Waals surface area contributed by atoms with E-state index in [-0.39, 0.29) is 0 Å². The molecule has 16 heavy (non-hydrogen) atoms. The molecule has 0 atom stereocenters. The number of methoxy groups -OCH3 is 1. The molecule has 0 aliphatic carbocycles. The zero-order valence-electron chi connectivity index (χ0n) is 9.61. The second-order valence-corrected chi connectivity index (χ2v) is 3.88. The van der Waals surface area contributed by atoms with Crippen LogP contribution in [0.15, 0.2) is 18.2 Å². The lowest BCUT2D eigenvalue weighted by atomic mass is 10.2. The van der Waals surface area contributed by atoms with Gasteiger partial charge in [-0.15, -0.1) is 0 Å². The minimum atomic E-state index is 0.761. The summed E-state index contributed by atoms with van der Waals surface area (Å²) in [4.78, 5) is 2.25. The van der Waals surface area contributed by atoms with Crippen molar-refractivity contribution in [1.82, 2.24) is 0 Å². The summed E-state index contributed by atoms with van der Waals surface area (Å²) in [6.07, 6.45) is 1.04. The van der Waals surface area contributed by atoms with Crippen LogP contribution in [0.25, 0.3) is 0 Å². The average Bonchev–Trinajstić information content (AvgIpc) is 2.58. The maximum atomic E-state index is 5.99. The second-order valence-electron chi connectivity index (χ2n) is 3.88. The first-order valence-electron chi connectivity index (χ1n) is 5.57. The number of hydrogen-bond acceptors (Lipinski definition) is 4. The largest absolute Gasteiger partial charge is 0.497 e. The van der Waals surface area contributed by atoms with Crippen molar-refractivity contribution in [2.45, 2.75) is 6.42 Å². The van der Waals surface area contributed by atoms with Crippen molar-refractivity contribution in [1.29, 1.82) is 0 Å². The van der Waals surface area contributed by atoms with Crippen molar-refractivity contribution in [3.05, 3.63) is 18.2 Å². The number of hydrogen-bond donors (Lipinski definition) is 1. The van der Waals surface area contributed by atoms with E-state index < -0.39 is 0 Å². The smallest absolute Gasteiger partial charge is 0.121 e. The lowest BCUT2D eigenvalue weighted by Crippen LogP contribution is -2.26. The monoisotopic (exact) mass is 222 g/mol. The summed E-state index contributed by atoms with van der Waals surface area (Å²) < 4.78 is 10.6. The molecule has 1 heterocycles. The summed E-state index contributed by atoms with van der Waals surface area (Å²) >= 11 is 0. The van der Waals surface area contributed by atoms with Crippen LogP contribution >= 0.6 is 0 Å². The van der Waals surface area contributed by atoms with E-state index in [1.807, 2.05) is 18.2 Å². The van der Waals surface area contributed by atoms with Crippen LogP contribution in [0.1, 0.15) is 6.42 Å². The number of nitrogens with zero attached hydrogens (tertiary/aromatic N) is 1. The topological polar surface area (TPSA) is 47.7 Å². The summed E-state index contributed by atoms with van der Waals surface area (Å²) in [7, 11) is 1.67. The molecule has 2 rings (SSSR count). The Morgan fingerprint density at radius 3 is 3.00 bits per heavy atom. The molecule has 1 aromatic carbocycles. The van der Waals surface area contributed by atoms with Crippen molar-refractivity contribution in [2.24, 2.45) is 0 Å². The minimum Gasteiger partial charge on any atom is -0.497 e. The van der Waals surface area contributed by atoms with E-state index >= 15 is 0 Å². The Morgan fingerprint density at radius 2 is 2.19 bits per heavy atom. The predicted molar refractivity (Wildman–Crippen MR) is 65.1 cm³/mol. The Morgan fingerprint density at radius 1 is 1.31 bits per heavy atom. The summed E-state index contributed by atoms with van der Waals surface area (Å²) in [6, 6.07) is 5.76. The van der Waals surface area contributed by atoms with E-state index in [0.717, 1.165) is 49.8 Å². The quantitative estimate of drug-likeness (QED) is 0.770. The Kier molecular flexibility index (Phi) is 3.51. The van der Waals surface area contributed by atoms with Gasteiger partial charge in [0.15, 0.2) is 0 Å². The first-order valence-corrected chi connectivity index (χ1v) is 5.57. The fourth-order valence-electron chi connectivity index (χ4n) is 1.91. The maximum absolute atomic E-state index is 5.99. The van der Waals surface area contributed by atoms with Crippen LogP contribution in [0, 0.1) is 0 Å².